The predicted molar refractivity (Wildman–Crippen MR) is 130 cm³/mol. The number of fused-ring (bicyclic) bond motifs is 3. The van der Waals surface area contributed by atoms with Crippen molar-refractivity contribution in [2.24, 2.45) is 14.1 Å². The zero-order chi connectivity index (χ0) is 24.7. The van der Waals surface area contributed by atoms with Gasteiger partial charge in [0.25, 0.3) is 5.91 Å². The van der Waals surface area contributed by atoms with Gasteiger partial charge in [-0.15, -0.1) is 0 Å². The second-order valence-electron chi connectivity index (χ2n) is 8.23. The van der Waals surface area contributed by atoms with E-state index in [1.54, 1.807) is 48.1 Å². The molecule has 5 aromatic rings. The first-order valence-corrected chi connectivity index (χ1v) is 10.7. The average molecular weight is 468 g/mol. The Hall–Kier alpha value is -4.78. The Bertz CT molecular complexity index is 1660. The fraction of sp³-hybridized carbons (Fsp3) is 0.160. The normalized spacial score (nSPS) is 11.0. The van der Waals surface area contributed by atoms with E-state index in [-0.39, 0.29) is 17.9 Å². The van der Waals surface area contributed by atoms with E-state index in [4.69, 9.17) is 5.73 Å². The summed E-state index contributed by atoms with van der Waals surface area (Å²) >= 11 is 0. The summed E-state index contributed by atoms with van der Waals surface area (Å²) in [6.45, 7) is 0.202. The molecule has 4 aromatic heterocycles. The molecule has 0 fully saturated rings. The number of nitrogens with zero attached hydrogens (tertiary/aromatic N) is 7. The molecular weight excluding hydrogens is 447 g/mol. The lowest BCUT2D eigenvalue weighted by molar-refractivity contribution is 0.0779. The van der Waals surface area contributed by atoms with Gasteiger partial charge in [-0.2, -0.15) is 10.2 Å². The minimum atomic E-state index is -0.670. The number of rotatable bonds is 3. The summed E-state index contributed by atoms with van der Waals surface area (Å²) in [6, 6.07) is 6.35. The molecular formula is C25H21FN8O. The van der Waals surface area contributed by atoms with Crippen molar-refractivity contribution >= 4 is 33.5 Å². The molecule has 0 saturated carbocycles. The molecule has 5 rings (SSSR count). The van der Waals surface area contributed by atoms with Gasteiger partial charge < -0.3 is 10.6 Å². The SMILES string of the molecule is CN(Cc1ccc(C#Cc2cnn(C)c2)cn1)C(=O)c1cc2c(cc1F)nc(N)c1cnn(C)c12. The number of benzene rings is 1. The summed E-state index contributed by atoms with van der Waals surface area (Å²) in [6.07, 6.45) is 6.75. The molecule has 1 amide bonds. The van der Waals surface area contributed by atoms with Crippen molar-refractivity contribution in [1.29, 1.82) is 0 Å². The van der Waals surface area contributed by atoms with Crippen LogP contribution in [0.25, 0.3) is 21.8 Å². The third-order valence-electron chi connectivity index (χ3n) is 5.65. The van der Waals surface area contributed by atoms with Gasteiger partial charge in [0, 0.05) is 50.6 Å². The number of halogens is 1. The predicted octanol–water partition coefficient (Wildman–Crippen LogP) is 2.64. The highest BCUT2D eigenvalue weighted by Gasteiger charge is 2.20. The summed E-state index contributed by atoms with van der Waals surface area (Å²) in [4.78, 5) is 23.2. The number of hydrogen-bond donors (Lipinski definition) is 1. The fourth-order valence-electron chi connectivity index (χ4n) is 3.89. The van der Waals surface area contributed by atoms with Crippen LogP contribution in [0.1, 0.15) is 27.2 Å². The van der Waals surface area contributed by atoms with E-state index < -0.39 is 11.7 Å². The Morgan fingerprint density at radius 2 is 1.89 bits per heavy atom. The number of carbonyl (C=O) groups excluding carboxylic acids is 1. The fourth-order valence-corrected chi connectivity index (χ4v) is 3.89. The molecule has 0 spiro atoms. The van der Waals surface area contributed by atoms with E-state index in [9.17, 15) is 9.18 Å². The quantitative estimate of drug-likeness (QED) is 0.408. The Balaban J connectivity index is 1.38. The van der Waals surface area contributed by atoms with Crippen LogP contribution in [-0.2, 0) is 20.6 Å². The van der Waals surface area contributed by atoms with Crippen molar-refractivity contribution in [2.75, 3.05) is 12.8 Å². The first-order valence-electron chi connectivity index (χ1n) is 10.7. The summed E-state index contributed by atoms with van der Waals surface area (Å²) in [5.74, 6) is 5.17. The molecule has 4 heterocycles. The maximum Gasteiger partial charge on any atom is 0.256 e. The molecule has 0 atom stereocenters. The number of hydrogen-bond acceptors (Lipinski definition) is 6. The highest BCUT2D eigenvalue weighted by molar-refractivity contribution is 6.10. The van der Waals surface area contributed by atoms with Crippen molar-refractivity contribution < 1.29 is 9.18 Å². The highest BCUT2D eigenvalue weighted by Crippen LogP contribution is 2.29. The van der Waals surface area contributed by atoms with E-state index in [0.29, 0.717) is 27.5 Å². The molecule has 1 aromatic carbocycles. The standard InChI is InChI=1S/C25H21FN8O/c1-32(14-17-7-6-15(10-28-17)4-5-16-11-29-33(2)13-16)25(35)18-8-19-22(9-21(18)26)31-24(27)20-12-30-34(3)23(19)20/h6-13H,14H2,1-3H3,(H2,27,31). The molecule has 0 saturated heterocycles. The van der Waals surface area contributed by atoms with Gasteiger partial charge in [-0.3, -0.25) is 19.1 Å². The Labute approximate surface area is 200 Å². The lowest BCUT2D eigenvalue weighted by atomic mass is 10.1. The van der Waals surface area contributed by atoms with E-state index >= 15 is 0 Å². The molecule has 0 aliphatic rings. The molecule has 0 bridgehead atoms. The molecule has 35 heavy (non-hydrogen) atoms. The van der Waals surface area contributed by atoms with Gasteiger partial charge in [0.05, 0.1) is 52.2 Å². The zero-order valence-electron chi connectivity index (χ0n) is 19.3. The van der Waals surface area contributed by atoms with Crippen LogP contribution in [0.2, 0.25) is 0 Å². The van der Waals surface area contributed by atoms with E-state index in [2.05, 4.69) is 32.0 Å². The van der Waals surface area contributed by atoms with Crippen molar-refractivity contribution in [3.8, 4) is 11.8 Å². The van der Waals surface area contributed by atoms with Crippen LogP contribution < -0.4 is 5.73 Å². The van der Waals surface area contributed by atoms with Gasteiger partial charge >= 0.3 is 0 Å². The van der Waals surface area contributed by atoms with Crippen LogP contribution in [0.15, 0.2) is 49.1 Å². The number of pyridine rings is 2. The van der Waals surface area contributed by atoms with E-state index in [1.165, 1.54) is 17.0 Å². The molecule has 0 aliphatic heterocycles. The van der Waals surface area contributed by atoms with Crippen LogP contribution in [0.3, 0.4) is 0 Å². The second kappa shape index (κ2) is 8.53. The van der Waals surface area contributed by atoms with Gasteiger partial charge in [-0.1, -0.05) is 11.8 Å². The summed E-state index contributed by atoms with van der Waals surface area (Å²) < 4.78 is 18.2. The van der Waals surface area contributed by atoms with Crippen molar-refractivity contribution in [3.05, 3.63) is 77.3 Å². The summed E-state index contributed by atoms with van der Waals surface area (Å²) in [5, 5.41) is 9.55. The molecule has 174 valence electrons. The minimum Gasteiger partial charge on any atom is -0.383 e. The number of aryl methyl sites for hydroxylation is 2. The third kappa shape index (κ3) is 4.15. The van der Waals surface area contributed by atoms with E-state index in [1.807, 2.05) is 19.3 Å². The van der Waals surface area contributed by atoms with Crippen LogP contribution in [0.5, 0.6) is 0 Å². The smallest absolute Gasteiger partial charge is 0.256 e. The summed E-state index contributed by atoms with van der Waals surface area (Å²) in [5.41, 5.74) is 9.18. The van der Waals surface area contributed by atoms with Crippen LogP contribution >= 0.6 is 0 Å². The maximum absolute atomic E-state index is 14.9. The summed E-state index contributed by atoms with van der Waals surface area (Å²) in [7, 11) is 5.19. The number of amides is 1. The molecule has 0 radical (unpaired) electrons. The third-order valence-corrected chi connectivity index (χ3v) is 5.65. The molecule has 10 heteroatoms. The number of anilines is 1. The van der Waals surface area contributed by atoms with Crippen LogP contribution in [0.4, 0.5) is 10.2 Å². The van der Waals surface area contributed by atoms with Crippen LogP contribution in [0, 0.1) is 17.7 Å². The van der Waals surface area contributed by atoms with Gasteiger partial charge in [-0.25, -0.2) is 9.37 Å². The van der Waals surface area contributed by atoms with Gasteiger partial charge in [0.15, 0.2) is 0 Å². The first-order chi connectivity index (χ1) is 16.8. The Kier molecular flexibility index (Phi) is 5.37. The number of nitrogen functional groups attached to an aromatic ring is 1. The van der Waals surface area contributed by atoms with E-state index in [0.717, 1.165) is 11.1 Å². The lowest BCUT2D eigenvalue weighted by Crippen LogP contribution is -2.27. The van der Waals surface area contributed by atoms with Gasteiger partial charge in [-0.05, 0) is 18.2 Å². The monoisotopic (exact) mass is 468 g/mol. The highest BCUT2D eigenvalue weighted by atomic mass is 19.1. The van der Waals surface area contributed by atoms with Crippen LogP contribution in [-0.4, -0.2) is 47.4 Å². The topological polar surface area (TPSA) is 108 Å². The Morgan fingerprint density at radius 1 is 1.09 bits per heavy atom. The first kappa shape index (κ1) is 22.0. The lowest BCUT2D eigenvalue weighted by Gasteiger charge is -2.18. The average Bonchev–Trinajstić information content (AvgIpc) is 3.43. The van der Waals surface area contributed by atoms with Gasteiger partial charge in [0.2, 0.25) is 0 Å². The minimum absolute atomic E-state index is 0.0620. The Morgan fingerprint density at radius 3 is 2.60 bits per heavy atom. The van der Waals surface area contributed by atoms with Gasteiger partial charge in [0.1, 0.15) is 11.6 Å². The molecule has 0 aliphatic carbocycles. The number of carbonyl (C=O) groups is 1. The van der Waals surface area contributed by atoms with Crippen molar-refractivity contribution in [3.63, 3.8) is 0 Å². The zero-order valence-corrected chi connectivity index (χ0v) is 19.3. The maximum atomic E-state index is 14.9. The largest absolute Gasteiger partial charge is 0.383 e. The molecule has 9 nitrogen and oxygen atoms in total. The van der Waals surface area contributed by atoms with Crippen molar-refractivity contribution in [1.82, 2.24) is 34.4 Å². The number of nitrogens with two attached hydrogens (primary N) is 1. The molecule has 0 unspecified atom stereocenters. The second-order valence-corrected chi connectivity index (χ2v) is 8.23. The van der Waals surface area contributed by atoms with Crippen molar-refractivity contribution in [2.45, 2.75) is 6.54 Å². The molecule has 2 N–H and O–H groups in total. The number of aromatic nitrogens is 6.